The van der Waals surface area contributed by atoms with Crippen LogP contribution in [0.15, 0.2) is 18.3 Å². The third-order valence-electron chi connectivity index (χ3n) is 1.81. The number of amides is 1. The van der Waals surface area contributed by atoms with Crippen molar-refractivity contribution in [1.82, 2.24) is 10.3 Å². The molecule has 1 rings (SSSR count). The molecule has 2 N–H and O–H groups in total. The number of aromatic hydroxyl groups is 1. The van der Waals surface area contributed by atoms with E-state index in [9.17, 15) is 9.90 Å². The van der Waals surface area contributed by atoms with Crippen LogP contribution in [-0.4, -0.2) is 34.6 Å². The van der Waals surface area contributed by atoms with Crippen LogP contribution in [0.2, 0.25) is 0 Å². The zero-order valence-corrected chi connectivity index (χ0v) is 9.38. The molecule has 0 spiro atoms. The molecule has 0 bridgehead atoms. The fraction of sp³-hybridized carbons (Fsp3) is 0.400. The Morgan fingerprint density at radius 3 is 3.13 bits per heavy atom. The highest BCUT2D eigenvalue weighted by Crippen LogP contribution is 2.11. The van der Waals surface area contributed by atoms with Crippen molar-refractivity contribution < 1.29 is 9.90 Å². The van der Waals surface area contributed by atoms with Gasteiger partial charge >= 0.3 is 0 Å². The van der Waals surface area contributed by atoms with Gasteiger partial charge < -0.3 is 10.4 Å². The average Bonchev–Trinajstić information content (AvgIpc) is 2.25. The molecular weight excluding hydrogens is 212 g/mol. The molecule has 1 heterocycles. The number of hydrogen-bond donors (Lipinski definition) is 2. The molecule has 0 saturated carbocycles. The largest absolute Gasteiger partial charge is 0.505 e. The SMILES string of the molecule is CSCCCNC(=O)c1ncccc1O. The summed E-state index contributed by atoms with van der Waals surface area (Å²) in [5.74, 6) is 0.600. The van der Waals surface area contributed by atoms with Gasteiger partial charge in [-0.1, -0.05) is 0 Å². The predicted octanol–water partition coefficient (Wildman–Crippen LogP) is 1.27. The molecule has 5 heteroatoms. The van der Waals surface area contributed by atoms with E-state index in [0.29, 0.717) is 6.54 Å². The first-order valence-corrected chi connectivity index (χ1v) is 6.06. The summed E-state index contributed by atoms with van der Waals surface area (Å²) in [7, 11) is 0. The number of rotatable bonds is 5. The monoisotopic (exact) mass is 226 g/mol. The number of nitrogens with one attached hydrogen (secondary N) is 1. The zero-order valence-electron chi connectivity index (χ0n) is 8.56. The van der Waals surface area contributed by atoms with Crippen LogP contribution < -0.4 is 5.32 Å². The van der Waals surface area contributed by atoms with Gasteiger partial charge in [0, 0.05) is 12.7 Å². The van der Waals surface area contributed by atoms with Gasteiger partial charge in [-0.05, 0) is 30.6 Å². The molecule has 0 saturated heterocycles. The van der Waals surface area contributed by atoms with Gasteiger partial charge in [0.2, 0.25) is 0 Å². The second kappa shape index (κ2) is 6.29. The molecule has 1 amide bonds. The summed E-state index contributed by atoms with van der Waals surface area (Å²) in [5.41, 5.74) is 0.0849. The van der Waals surface area contributed by atoms with Gasteiger partial charge in [0.25, 0.3) is 5.91 Å². The Labute approximate surface area is 93.1 Å². The first-order valence-electron chi connectivity index (χ1n) is 4.67. The van der Waals surface area contributed by atoms with E-state index in [2.05, 4.69) is 10.3 Å². The maximum atomic E-state index is 11.5. The van der Waals surface area contributed by atoms with E-state index in [0.717, 1.165) is 12.2 Å². The lowest BCUT2D eigenvalue weighted by Gasteiger charge is -2.04. The molecule has 4 nitrogen and oxygen atoms in total. The lowest BCUT2D eigenvalue weighted by atomic mass is 10.3. The van der Waals surface area contributed by atoms with Crippen molar-refractivity contribution in [2.75, 3.05) is 18.6 Å². The lowest BCUT2D eigenvalue weighted by molar-refractivity contribution is 0.0946. The summed E-state index contributed by atoms with van der Waals surface area (Å²) < 4.78 is 0. The van der Waals surface area contributed by atoms with Gasteiger partial charge in [-0.3, -0.25) is 4.79 Å². The molecule has 0 aliphatic heterocycles. The van der Waals surface area contributed by atoms with Gasteiger partial charge in [-0.15, -0.1) is 0 Å². The van der Waals surface area contributed by atoms with E-state index in [1.54, 1.807) is 17.8 Å². The average molecular weight is 226 g/mol. The Hall–Kier alpha value is -1.23. The molecule has 82 valence electrons. The highest BCUT2D eigenvalue weighted by molar-refractivity contribution is 7.98. The quantitative estimate of drug-likeness (QED) is 0.742. The van der Waals surface area contributed by atoms with Crippen molar-refractivity contribution in [3.8, 4) is 5.75 Å². The standard InChI is InChI=1S/C10H14N2O2S/c1-15-7-3-6-12-10(14)9-8(13)4-2-5-11-9/h2,4-5,13H,3,6-7H2,1H3,(H,12,14). The van der Waals surface area contributed by atoms with Gasteiger partial charge in [0.05, 0.1) is 0 Å². The number of pyridine rings is 1. The topological polar surface area (TPSA) is 62.2 Å². The van der Waals surface area contributed by atoms with Gasteiger partial charge in [-0.2, -0.15) is 11.8 Å². The van der Waals surface area contributed by atoms with Crippen molar-refractivity contribution in [3.05, 3.63) is 24.0 Å². The first-order chi connectivity index (χ1) is 7.25. The number of thioether (sulfide) groups is 1. The van der Waals surface area contributed by atoms with Crippen LogP contribution >= 0.6 is 11.8 Å². The van der Waals surface area contributed by atoms with Crippen molar-refractivity contribution in [2.24, 2.45) is 0 Å². The molecule has 0 fully saturated rings. The van der Waals surface area contributed by atoms with Crippen LogP contribution in [0.4, 0.5) is 0 Å². The zero-order chi connectivity index (χ0) is 11.1. The summed E-state index contributed by atoms with van der Waals surface area (Å²) in [4.78, 5) is 15.3. The molecule has 1 aromatic heterocycles. The maximum Gasteiger partial charge on any atom is 0.273 e. The number of hydrogen-bond acceptors (Lipinski definition) is 4. The maximum absolute atomic E-state index is 11.5. The minimum absolute atomic E-state index is 0.0835. The van der Waals surface area contributed by atoms with E-state index in [1.807, 2.05) is 6.26 Å². The summed E-state index contributed by atoms with van der Waals surface area (Å²) in [5, 5.41) is 12.1. The van der Waals surface area contributed by atoms with Crippen LogP contribution in [0.1, 0.15) is 16.9 Å². The van der Waals surface area contributed by atoms with Crippen molar-refractivity contribution in [1.29, 1.82) is 0 Å². The fourth-order valence-corrected chi connectivity index (χ4v) is 1.51. The minimum atomic E-state index is -0.325. The Balaban J connectivity index is 2.44. The molecule has 0 atom stereocenters. The molecule has 0 unspecified atom stereocenters. The highest BCUT2D eigenvalue weighted by atomic mass is 32.2. The number of carbonyl (C=O) groups excluding carboxylic acids is 1. The highest BCUT2D eigenvalue weighted by Gasteiger charge is 2.10. The number of nitrogens with zero attached hydrogens (tertiary/aromatic N) is 1. The minimum Gasteiger partial charge on any atom is -0.505 e. The summed E-state index contributed by atoms with van der Waals surface area (Å²) in [6.07, 6.45) is 4.42. The first kappa shape index (κ1) is 11.8. The van der Waals surface area contributed by atoms with Crippen LogP contribution in [0, 0.1) is 0 Å². The second-order valence-corrected chi connectivity index (χ2v) is 3.96. The van der Waals surface area contributed by atoms with Crippen LogP contribution in [0.5, 0.6) is 5.75 Å². The molecule has 0 aliphatic carbocycles. The summed E-state index contributed by atoms with van der Waals surface area (Å²) in [6.45, 7) is 0.607. The molecule has 15 heavy (non-hydrogen) atoms. The van der Waals surface area contributed by atoms with Crippen molar-refractivity contribution >= 4 is 17.7 Å². The van der Waals surface area contributed by atoms with E-state index < -0.39 is 0 Å². The Morgan fingerprint density at radius 1 is 1.67 bits per heavy atom. The van der Waals surface area contributed by atoms with Crippen LogP contribution in [-0.2, 0) is 0 Å². The lowest BCUT2D eigenvalue weighted by Crippen LogP contribution is -2.25. The fourth-order valence-electron chi connectivity index (χ4n) is 1.07. The Bertz CT molecular complexity index is 331. The van der Waals surface area contributed by atoms with Gasteiger partial charge in [0.15, 0.2) is 5.69 Å². The molecule has 1 aromatic rings. The van der Waals surface area contributed by atoms with Crippen molar-refractivity contribution in [2.45, 2.75) is 6.42 Å². The predicted molar refractivity (Wildman–Crippen MR) is 61.2 cm³/mol. The van der Waals surface area contributed by atoms with E-state index >= 15 is 0 Å². The van der Waals surface area contributed by atoms with Crippen molar-refractivity contribution in [3.63, 3.8) is 0 Å². The number of aromatic nitrogens is 1. The Morgan fingerprint density at radius 2 is 2.47 bits per heavy atom. The van der Waals surface area contributed by atoms with Gasteiger partial charge in [-0.25, -0.2) is 4.98 Å². The number of carbonyl (C=O) groups is 1. The van der Waals surface area contributed by atoms with Crippen LogP contribution in [0.3, 0.4) is 0 Å². The summed E-state index contributed by atoms with van der Waals surface area (Å²) >= 11 is 1.74. The molecular formula is C10H14N2O2S. The van der Waals surface area contributed by atoms with E-state index in [1.165, 1.54) is 12.3 Å². The third kappa shape index (κ3) is 3.79. The summed E-state index contributed by atoms with van der Waals surface area (Å²) in [6, 6.07) is 3.03. The second-order valence-electron chi connectivity index (χ2n) is 2.97. The van der Waals surface area contributed by atoms with Crippen LogP contribution in [0.25, 0.3) is 0 Å². The van der Waals surface area contributed by atoms with E-state index in [-0.39, 0.29) is 17.4 Å². The normalized spacial score (nSPS) is 9.93. The Kier molecular flexibility index (Phi) is 4.97. The third-order valence-corrected chi connectivity index (χ3v) is 2.51. The molecule has 0 aliphatic rings. The molecule has 0 aromatic carbocycles. The van der Waals surface area contributed by atoms with E-state index in [4.69, 9.17) is 0 Å². The molecule has 0 radical (unpaired) electrons. The van der Waals surface area contributed by atoms with Gasteiger partial charge in [0.1, 0.15) is 5.75 Å². The smallest absolute Gasteiger partial charge is 0.273 e.